The summed E-state index contributed by atoms with van der Waals surface area (Å²) in [6.07, 6.45) is 1.45. The van der Waals surface area contributed by atoms with Crippen molar-refractivity contribution in [2.75, 3.05) is 18.9 Å². The van der Waals surface area contributed by atoms with Crippen molar-refractivity contribution in [2.45, 2.75) is 32.9 Å². The molecule has 1 rings (SSSR count). The minimum absolute atomic E-state index is 0.0495. The molecular weight excluding hydrogens is 246 g/mol. The van der Waals surface area contributed by atoms with Crippen molar-refractivity contribution in [3.8, 4) is 0 Å². The third-order valence-corrected chi connectivity index (χ3v) is 2.57. The number of ether oxygens (including phenoxy) is 1. The molecule has 0 aliphatic rings. The summed E-state index contributed by atoms with van der Waals surface area (Å²) in [5, 5.41) is 2.74. The standard InChI is InChI=1S/C13H21N3O3/c1-4-19-13(2,3)9-15-11(17)8-16-7-10(14)5-6-12(16)18/h5-7H,4,8-9,14H2,1-3H3,(H,15,17). The first kappa shape index (κ1) is 15.2. The second-order valence-electron chi connectivity index (χ2n) is 4.90. The van der Waals surface area contributed by atoms with Gasteiger partial charge in [0.25, 0.3) is 5.56 Å². The van der Waals surface area contributed by atoms with Crippen LogP contribution in [0.2, 0.25) is 0 Å². The quantitative estimate of drug-likeness (QED) is 0.779. The molecular formula is C13H21N3O3. The molecule has 0 atom stereocenters. The van der Waals surface area contributed by atoms with Gasteiger partial charge in [-0.05, 0) is 26.8 Å². The van der Waals surface area contributed by atoms with E-state index in [2.05, 4.69) is 5.32 Å². The summed E-state index contributed by atoms with van der Waals surface area (Å²) in [5.41, 5.74) is 5.34. The number of rotatable bonds is 6. The van der Waals surface area contributed by atoms with Gasteiger partial charge in [0.1, 0.15) is 6.54 Å². The number of aromatic nitrogens is 1. The van der Waals surface area contributed by atoms with E-state index < -0.39 is 5.60 Å². The maximum Gasteiger partial charge on any atom is 0.251 e. The molecule has 6 heteroatoms. The summed E-state index contributed by atoms with van der Waals surface area (Å²) in [6.45, 7) is 6.60. The monoisotopic (exact) mass is 267 g/mol. The van der Waals surface area contributed by atoms with Crippen LogP contribution in [0.4, 0.5) is 5.69 Å². The first-order valence-corrected chi connectivity index (χ1v) is 6.20. The number of hydrogen-bond donors (Lipinski definition) is 2. The van der Waals surface area contributed by atoms with Crippen molar-refractivity contribution < 1.29 is 9.53 Å². The molecule has 0 spiro atoms. The maximum atomic E-state index is 11.8. The van der Waals surface area contributed by atoms with E-state index in [0.29, 0.717) is 18.8 Å². The number of amides is 1. The fourth-order valence-electron chi connectivity index (χ4n) is 1.64. The van der Waals surface area contributed by atoms with E-state index in [1.54, 1.807) is 0 Å². The Morgan fingerprint density at radius 2 is 2.16 bits per heavy atom. The van der Waals surface area contributed by atoms with Gasteiger partial charge in [0.2, 0.25) is 5.91 Å². The first-order valence-electron chi connectivity index (χ1n) is 6.20. The highest BCUT2D eigenvalue weighted by molar-refractivity contribution is 5.75. The van der Waals surface area contributed by atoms with Gasteiger partial charge in [0, 0.05) is 31.1 Å². The Kier molecular flexibility index (Phi) is 5.11. The number of nitrogens with zero attached hydrogens (tertiary/aromatic N) is 1. The number of carbonyl (C=O) groups excluding carboxylic acids is 1. The summed E-state index contributed by atoms with van der Waals surface area (Å²) in [6, 6.07) is 2.85. The summed E-state index contributed by atoms with van der Waals surface area (Å²) >= 11 is 0. The highest BCUT2D eigenvalue weighted by Crippen LogP contribution is 2.06. The Bertz CT molecular complexity index is 494. The van der Waals surface area contributed by atoms with E-state index >= 15 is 0 Å². The van der Waals surface area contributed by atoms with E-state index in [4.69, 9.17) is 10.5 Å². The minimum atomic E-state index is -0.426. The van der Waals surface area contributed by atoms with Gasteiger partial charge in [-0.1, -0.05) is 0 Å². The SMILES string of the molecule is CCOC(C)(C)CNC(=O)Cn1cc(N)ccc1=O. The highest BCUT2D eigenvalue weighted by atomic mass is 16.5. The average molecular weight is 267 g/mol. The fourth-order valence-corrected chi connectivity index (χ4v) is 1.64. The summed E-state index contributed by atoms with van der Waals surface area (Å²) in [5.74, 6) is -0.250. The number of pyridine rings is 1. The van der Waals surface area contributed by atoms with Gasteiger partial charge in [-0.15, -0.1) is 0 Å². The van der Waals surface area contributed by atoms with Gasteiger partial charge in [0.05, 0.1) is 5.60 Å². The second-order valence-corrected chi connectivity index (χ2v) is 4.90. The van der Waals surface area contributed by atoms with Crippen LogP contribution in [-0.2, 0) is 16.1 Å². The molecule has 0 saturated carbocycles. The van der Waals surface area contributed by atoms with Crippen LogP contribution in [-0.4, -0.2) is 29.2 Å². The van der Waals surface area contributed by atoms with Crippen LogP contribution in [0.15, 0.2) is 23.1 Å². The maximum absolute atomic E-state index is 11.8. The van der Waals surface area contributed by atoms with Crippen molar-refractivity contribution in [3.05, 3.63) is 28.7 Å². The molecule has 1 heterocycles. The number of nitrogens with two attached hydrogens (primary N) is 1. The van der Waals surface area contributed by atoms with Gasteiger partial charge < -0.3 is 20.4 Å². The number of carbonyl (C=O) groups is 1. The molecule has 1 aromatic rings. The summed E-state index contributed by atoms with van der Waals surface area (Å²) in [7, 11) is 0. The molecule has 0 aliphatic carbocycles. The van der Waals surface area contributed by atoms with Crippen molar-refractivity contribution in [1.29, 1.82) is 0 Å². The highest BCUT2D eigenvalue weighted by Gasteiger charge is 2.18. The smallest absolute Gasteiger partial charge is 0.251 e. The number of hydrogen-bond acceptors (Lipinski definition) is 4. The van der Waals surface area contributed by atoms with Crippen molar-refractivity contribution >= 4 is 11.6 Å². The van der Waals surface area contributed by atoms with Crippen LogP contribution in [0.1, 0.15) is 20.8 Å². The Labute approximate surface area is 112 Å². The van der Waals surface area contributed by atoms with Crippen LogP contribution in [0.3, 0.4) is 0 Å². The predicted octanol–water partition coefficient (Wildman–Crippen LogP) is 0.362. The summed E-state index contributed by atoms with van der Waals surface area (Å²) < 4.78 is 6.75. The predicted molar refractivity (Wildman–Crippen MR) is 73.8 cm³/mol. The number of anilines is 1. The molecule has 0 saturated heterocycles. The zero-order valence-electron chi connectivity index (χ0n) is 11.6. The average Bonchev–Trinajstić information content (AvgIpc) is 2.31. The lowest BCUT2D eigenvalue weighted by atomic mass is 10.1. The molecule has 0 radical (unpaired) electrons. The molecule has 3 N–H and O–H groups in total. The lowest BCUT2D eigenvalue weighted by molar-refractivity contribution is -0.123. The van der Waals surface area contributed by atoms with Gasteiger partial charge in [0.15, 0.2) is 0 Å². The van der Waals surface area contributed by atoms with E-state index in [1.165, 1.54) is 22.9 Å². The molecule has 0 bridgehead atoms. The second kappa shape index (κ2) is 6.38. The molecule has 0 fully saturated rings. The van der Waals surface area contributed by atoms with E-state index in [-0.39, 0.29) is 18.0 Å². The lowest BCUT2D eigenvalue weighted by Crippen LogP contribution is -2.42. The fraction of sp³-hybridized carbons (Fsp3) is 0.538. The third-order valence-electron chi connectivity index (χ3n) is 2.57. The van der Waals surface area contributed by atoms with Crippen LogP contribution in [0, 0.1) is 0 Å². The van der Waals surface area contributed by atoms with Gasteiger partial charge in [-0.3, -0.25) is 9.59 Å². The largest absolute Gasteiger partial charge is 0.398 e. The molecule has 0 unspecified atom stereocenters. The Morgan fingerprint density at radius 1 is 1.47 bits per heavy atom. The van der Waals surface area contributed by atoms with Crippen molar-refractivity contribution in [2.24, 2.45) is 0 Å². The van der Waals surface area contributed by atoms with Crippen LogP contribution >= 0.6 is 0 Å². The van der Waals surface area contributed by atoms with Gasteiger partial charge >= 0.3 is 0 Å². The first-order chi connectivity index (χ1) is 8.84. The van der Waals surface area contributed by atoms with E-state index in [9.17, 15) is 9.59 Å². The van der Waals surface area contributed by atoms with Crippen molar-refractivity contribution in [3.63, 3.8) is 0 Å². The van der Waals surface area contributed by atoms with Crippen LogP contribution in [0.25, 0.3) is 0 Å². The molecule has 19 heavy (non-hydrogen) atoms. The van der Waals surface area contributed by atoms with Gasteiger partial charge in [-0.25, -0.2) is 0 Å². The topological polar surface area (TPSA) is 86.3 Å². The normalized spacial score (nSPS) is 11.3. The Balaban J connectivity index is 2.56. The Morgan fingerprint density at radius 3 is 2.79 bits per heavy atom. The molecule has 6 nitrogen and oxygen atoms in total. The van der Waals surface area contributed by atoms with E-state index in [0.717, 1.165) is 0 Å². The lowest BCUT2D eigenvalue weighted by Gasteiger charge is -2.24. The van der Waals surface area contributed by atoms with E-state index in [1.807, 2.05) is 20.8 Å². The number of nitrogens with one attached hydrogen (secondary N) is 1. The summed E-state index contributed by atoms with van der Waals surface area (Å²) in [4.78, 5) is 23.3. The Hall–Kier alpha value is -1.82. The zero-order valence-corrected chi connectivity index (χ0v) is 11.6. The molecule has 0 aliphatic heterocycles. The third kappa shape index (κ3) is 5.13. The number of nitrogen functional groups attached to an aromatic ring is 1. The minimum Gasteiger partial charge on any atom is -0.398 e. The van der Waals surface area contributed by atoms with Gasteiger partial charge in [-0.2, -0.15) is 0 Å². The molecule has 1 amide bonds. The van der Waals surface area contributed by atoms with Crippen molar-refractivity contribution in [1.82, 2.24) is 9.88 Å². The molecule has 106 valence electrons. The molecule has 0 aromatic carbocycles. The van der Waals surface area contributed by atoms with Crippen LogP contribution < -0.4 is 16.6 Å². The molecule has 1 aromatic heterocycles. The zero-order chi connectivity index (χ0) is 14.5. The van der Waals surface area contributed by atoms with Crippen LogP contribution in [0.5, 0.6) is 0 Å².